The molecular formula is C13H24N2O2. The van der Waals surface area contributed by atoms with Crippen LogP contribution in [0.4, 0.5) is 0 Å². The van der Waals surface area contributed by atoms with Gasteiger partial charge in [0.2, 0.25) is 0 Å². The van der Waals surface area contributed by atoms with Crippen molar-refractivity contribution in [3.8, 4) is 0 Å². The Balaban J connectivity index is 1.89. The van der Waals surface area contributed by atoms with E-state index in [0.29, 0.717) is 6.54 Å². The summed E-state index contributed by atoms with van der Waals surface area (Å²) in [5.74, 6) is 0.126. The van der Waals surface area contributed by atoms with E-state index in [9.17, 15) is 9.90 Å². The molecule has 0 radical (unpaired) electrons. The molecule has 17 heavy (non-hydrogen) atoms. The molecule has 1 saturated carbocycles. The summed E-state index contributed by atoms with van der Waals surface area (Å²) in [6.07, 6.45) is 5.64. The largest absolute Gasteiger partial charge is 0.480 e. The van der Waals surface area contributed by atoms with Gasteiger partial charge >= 0.3 is 5.97 Å². The van der Waals surface area contributed by atoms with E-state index in [2.05, 4.69) is 11.8 Å². The van der Waals surface area contributed by atoms with Crippen molar-refractivity contribution < 1.29 is 9.90 Å². The number of nitrogens with two attached hydrogens (primary N) is 1. The van der Waals surface area contributed by atoms with Gasteiger partial charge in [0.25, 0.3) is 0 Å². The first kappa shape index (κ1) is 12.8. The SMILES string of the molecule is CCCC1CCN(CC(N)(C(=O)O)C2CC2)C1. The molecule has 0 aromatic heterocycles. The molecule has 1 aliphatic heterocycles. The zero-order valence-corrected chi connectivity index (χ0v) is 10.7. The lowest BCUT2D eigenvalue weighted by atomic mass is 9.94. The summed E-state index contributed by atoms with van der Waals surface area (Å²) < 4.78 is 0. The van der Waals surface area contributed by atoms with Crippen molar-refractivity contribution in [1.82, 2.24) is 4.90 Å². The Morgan fingerprint density at radius 2 is 2.18 bits per heavy atom. The monoisotopic (exact) mass is 240 g/mol. The van der Waals surface area contributed by atoms with Gasteiger partial charge in [-0.15, -0.1) is 0 Å². The van der Waals surface area contributed by atoms with Crippen LogP contribution >= 0.6 is 0 Å². The molecule has 98 valence electrons. The van der Waals surface area contributed by atoms with Crippen LogP contribution in [-0.4, -0.2) is 41.1 Å². The van der Waals surface area contributed by atoms with Crippen LogP contribution in [0.1, 0.15) is 39.0 Å². The molecule has 4 nitrogen and oxygen atoms in total. The zero-order valence-electron chi connectivity index (χ0n) is 10.7. The topological polar surface area (TPSA) is 66.6 Å². The van der Waals surface area contributed by atoms with Crippen LogP contribution in [0.15, 0.2) is 0 Å². The fraction of sp³-hybridized carbons (Fsp3) is 0.923. The van der Waals surface area contributed by atoms with E-state index in [0.717, 1.165) is 31.8 Å². The lowest BCUT2D eigenvalue weighted by molar-refractivity contribution is -0.145. The first-order valence-corrected chi connectivity index (χ1v) is 6.81. The fourth-order valence-corrected chi connectivity index (χ4v) is 3.04. The number of carboxylic acids is 1. The second-order valence-electron chi connectivity index (χ2n) is 5.80. The van der Waals surface area contributed by atoms with Gasteiger partial charge in [0.1, 0.15) is 5.54 Å². The summed E-state index contributed by atoms with van der Waals surface area (Å²) in [6.45, 7) is 4.79. The fourth-order valence-electron chi connectivity index (χ4n) is 3.04. The minimum Gasteiger partial charge on any atom is -0.480 e. The van der Waals surface area contributed by atoms with Crippen molar-refractivity contribution in [3.63, 3.8) is 0 Å². The number of hydrogen-bond donors (Lipinski definition) is 2. The summed E-state index contributed by atoms with van der Waals surface area (Å²) in [7, 11) is 0. The standard InChI is InChI=1S/C13H24N2O2/c1-2-3-10-6-7-15(8-10)9-13(14,12(16)17)11-4-5-11/h10-11H,2-9,14H2,1H3,(H,16,17). The van der Waals surface area contributed by atoms with Crippen molar-refractivity contribution in [1.29, 1.82) is 0 Å². The Morgan fingerprint density at radius 1 is 1.47 bits per heavy atom. The van der Waals surface area contributed by atoms with Crippen LogP contribution in [0.2, 0.25) is 0 Å². The molecule has 2 unspecified atom stereocenters. The molecule has 2 rings (SSSR count). The van der Waals surface area contributed by atoms with Gasteiger partial charge in [0.05, 0.1) is 0 Å². The van der Waals surface area contributed by atoms with Gasteiger partial charge in [-0.2, -0.15) is 0 Å². The number of aliphatic carboxylic acids is 1. The van der Waals surface area contributed by atoms with Gasteiger partial charge < -0.3 is 15.7 Å². The lowest BCUT2D eigenvalue weighted by Crippen LogP contribution is -2.57. The molecule has 4 heteroatoms. The maximum atomic E-state index is 11.3. The van der Waals surface area contributed by atoms with E-state index < -0.39 is 11.5 Å². The molecule has 1 aliphatic carbocycles. The molecule has 0 amide bonds. The number of hydrogen-bond acceptors (Lipinski definition) is 3. The number of carboxylic acid groups (broad SMARTS) is 1. The third kappa shape index (κ3) is 2.80. The number of rotatable bonds is 6. The average Bonchev–Trinajstić information content (AvgIpc) is 3.03. The highest BCUT2D eigenvalue weighted by Gasteiger charge is 2.49. The van der Waals surface area contributed by atoms with Gasteiger partial charge in [-0.3, -0.25) is 4.79 Å². The Morgan fingerprint density at radius 3 is 2.71 bits per heavy atom. The minimum absolute atomic E-state index is 0.199. The molecule has 1 saturated heterocycles. The summed E-state index contributed by atoms with van der Waals surface area (Å²) in [6, 6.07) is 0. The van der Waals surface area contributed by atoms with Crippen molar-refractivity contribution >= 4 is 5.97 Å². The van der Waals surface area contributed by atoms with Crippen molar-refractivity contribution in [2.24, 2.45) is 17.6 Å². The van der Waals surface area contributed by atoms with Crippen molar-refractivity contribution in [3.05, 3.63) is 0 Å². The summed E-state index contributed by atoms with van der Waals surface area (Å²) in [5.41, 5.74) is 5.11. The molecule has 0 bridgehead atoms. The molecule has 2 aliphatic rings. The number of carbonyl (C=O) groups is 1. The second kappa shape index (κ2) is 4.94. The normalized spacial score (nSPS) is 29.2. The van der Waals surface area contributed by atoms with E-state index in [4.69, 9.17) is 5.73 Å². The summed E-state index contributed by atoms with van der Waals surface area (Å²) in [4.78, 5) is 13.6. The summed E-state index contributed by atoms with van der Waals surface area (Å²) in [5, 5.41) is 9.32. The van der Waals surface area contributed by atoms with Crippen LogP contribution in [0.25, 0.3) is 0 Å². The Kier molecular flexibility index (Phi) is 3.73. The molecule has 3 N–H and O–H groups in total. The number of likely N-dealkylation sites (tertiary alicyclic amines) is 1. The predicted octanol–water partition coefficient (Wildman–Crippen LogP) is 1.30. The molecular weight excluding hydrogens is 216 g/mol. The predicted molar refractivity (Wildman–Crippen MR) is 66.7 cm³/mol. The van der Waals surface area contributed by atoms with Crippen molar-refractivity contribution in [2.45, 2.75) is 44.6 Å². The minimum atomic E-state index is -0.999. The lowest BCUT2D eigenvalue weighted by Gasteiger charge is -2.30. The first-order valence-electron chi connectivity index (χ1n) is 6.81. The smallest absolute Gasteiger partial charge is 0.325 e. The first-order chi connectivity index (χ1) is 8.06. The third-order valence-electron chi connectivity index (χ3n) is 4.26. The van der Waals surface area contributed by atoms with Gasteiger partial charge in [0, 0.05) is 13.1 Å². The molecule has 1 heterocycles. The van der Waals surface area contributed by atoms with Crippen LogP contribution < -0.4 is 5.73 Å². The van der Waals surface area contributed by atoms with Gasteiger partial charge in [-0.05, 0) is 44.1 Å². The maximum absolute atomic E-state index is 11.3. The van der Waals surface area contributed by atoms with Crippen LogP contribution in [0.5, 0.6) is 0 Å². The highest BCUT2D eigenvalue weighted by atomic mass is 16.4. The Labute approximate surface area is 103 Å². The molecule has 0 aromatic rings. The van der Waals surface area contributed by atoms with E-state index in [1.54, 1.807) is 0 Å². The second-order valence-corrected chi connectivity index (χ2v) is 5.80. The van der Waals surface area contributed by atoms with Crippen LogP contribution in [0.3, 0.4) is 0 Å². The molecule has 0 aromatic carbocycles. The van der Waals surface area contributed by atoms with E-state index in [-0.39, 0.29) is 5.92 Å². The van der Waals surface area contributed by atoms with Crippen molar-refractivity contribution in [2.75, 3.05) is 19.6 Å². The number of nitrogens with zero attached hydrogens (tertiary/aromatic N) is 1. The van der Waals surface area contributed by atoms with Crippen LogP contribution in [-0.2, 0) is 4.79 Å². The van der Waals surface area contributed by atoms with Gasteiger partial charge in [-0.25, -0.2) is 0 Å². The third-order valence-corrected chi connectivity index (χ3v) is 4.26. The highest BCUT2D eigenvalue weighted by Crippen LogP contribution is 2.39. The van der Waals surface area contributed by atoms with Gasteiger partial charge in [0.15, 0.2) is 0 Å². The average molecular weight is 240 g/mol. The van der Waals surface area contributed by atoms with E-state index in [1.807, 2.05) is 0 Å². The zero-order chi connectivity index (χ0) is 12.5. The molecule has 2 fully saturated rings. The molecule has 2 atom stereocenters. The van der Waals surface area contributed by atoms with E-state index in [1.165, 1.54) is 19.3 Å². The van der Waals surface area contributed by atoms with E-state index >= 15 is 0 Å². The Bertz CT molecular complexity index is 291. The molecule has 0 spiro atoms. The quantitative estimate of drug-likeness (QED) is 0.734. The Hall–Kier alpha value is -0.610. The van der Waals surface area contributed by atoms with Gasteiger partial charge in [-0.1, -0.05) is 13.3 Å². The highest BCUT2D eigenvalue weighted by molar-refractivity contribution is 5.79. The maximum Gasteiger partial charge on any atom is 0.325 e. The van der Waals surface area contributed by atoms with Crippen LogP contribution in [0, 0.1) is 11.8 Å². The summed E-state index contributed by atoms with van der Waals surface area (Å²) >= 11 is 0.